The van der Waals surface area contributed by atoms with E-state index in [1.54, 1.807) is 4.90 Å². The van der Waals surface area contributed by atoms with Gasteiger partial charge in [-0.05, 0) is 30.6 Å². The summed E-state index contributed by atoms with van der Waals surface area (Å²) < 4.78 is 31.6. The number of rotatable bonds is 7. The highest BCUT2D eigenvalue weighted by Gasteiger charge is 2.25. The van der Waals surface area contributed by atoms with E-state index in [2.05, 4.69) is 9.71 Å². The lowest BCUT2D eigenvalue weighted by molar-refractivity contribution is -0.144. The molecule has 0 saturated carbocycles. The zero-order chi connectivity index (χ0) is 20.0. The molecule has 1 aromatic rings. The second kappa shape index (κ2) is 8.83. The van der Waals surface area contributed by atoms with Crippen LogP contribution in [0.1, 0.15) is 12.0 Å². The molecule has 8 nitrogen and oxygen atoms in total. The SMILES string of the molecule is O=C(COC(=O)C1=CN2CCS(=O)(=O)N=C2C=C1)NCCCc1ccccc1. The molecule has 0 radical (unpaired) electrons. The molecule has 0 fully saturated rings. The Balaban J connectivity index is 1.40. The number of carbonyl (C=O) groups excluding carboxylic acids is 2. The summed E-state index contributed by atoms with van der Waals surface area (Å²) in [6, 6.07) is 9.96. The first kappa shape index (κ1) is 19.8. The van der Waals surface area contributed by atoms with Gasteiger partial charge in [-0.1, -0.05) is 30.3 Å². The number of hydrogen-bond acceptors (Lipinski definition) is 6. The average Bonchev–Trinajstić information content (AvgIpc) is 2.69. The summed E-state index contributed by atoms with van der Waals surface area (Å²) in [4.78, 5) is 25.5. The van der Waals surface area contributed by atoms with Crippen LogP contribution in [0.3, 0.4) is 0 Å². The minimum absolute atomic E-state index is 0.117. The summed E-state index contributed by atoms with van der Waals surface area (Å²) in [5.41, 5.74) is 1.43. The van der Waals surface area contributed by atoms with E-state index in [0.717, 1.165) is 12.8 Å². The highest BCUT2D eigenvalue weighted by molar-refractivity contribution is 7.90. The van der Waals surface area contributed by atoms with Crippen molar-refractivity contribution in [2.75, 3.05) is 25.4 Å². The Hall–Kier alpha value is -2.94. The van der Waals surface area contributed by atoms with E-state index in [4.69, 9.17) is 4.74 Å². The van der Waals surface area contributed by atoms with Crippen molar-refractivity contribution in [3.8, 4) is 0 Å². The van der Waals surface area contributed by atoms with E-state index in [1.807, 2.05) is 30.3 Å². The van der Waals surface area contributed by atoms with Crippen LogP contribution < -0.4 is 5.32 Å². The largest absolute Gasteiger partial charge is 0.452 e. The van der Waals surface area contributed by atoms with E-state index in [9.17, 15) is 18.0 Å². The second-order valence-electron chi connectivity index (χ2n) is 6.36. The maximum absolute atomic E-state index is 12.1. The molecule has 28 heavy (non-hydrogen) atoms. The van der Waals surface area contributed by atoms with Crippen LogP contribution in [0, 0.1) is 0 Å². The van der Waals surface area contributed by atoms with Gasteiger partial charge in [-0.2, -0.15) is 0 Å². The van der Waals surface area contributed by atoms with Gasteiger partial charge in [0.1, 0.15) is 5.84 Å². The molecule has 1 N–H and O–H groups in total. The molecule has 9 heteroatoms. The Labute approximate surface area is 163 Å². The van der Waals surface area contributed by atoms with Crippen molar-refractivity contribution in [1.82, 2.24) is 10.2 Å². The molecule has 0 spiro atoms. The number of nitrogens with one attached hydrogen (secondary N) is 1. The molecule has 0 unspecified atom stereocenters. The summed E-state index contributed by atoms with van der Waals surface area (Å²) in [5, 5.41) is 2.72. The Kier molecular flexibility index (Phi) is 6.25. The van der Waals surface area contributed by atoms with Gasteiger partial charge in [0.05, 0.1) is 11.3 Å². The van der Waals surface area contributed by atoms with E-state index >= 15 is 0 Å². The average molecular weight is 403 g/mol. The zero-order valence-electron chi connectivity index (χ0n) is 15.2. The van der Waals surface area contributed by atoms with Crippen LogP contribution in [0.2, 0.25) is 0 Å². The molecule has 1 aromatic carbocycles. The summed E-state index contributed by atoms with van der Waals surface area (Å²) in [6.07, 6.45) is 5.99. The maximum atomic E-state index is 12.1. The number of fused-ring (bicyclic) bond motifs is 1. The molecule has 148 valence electrons. The van der Waals surface area contributed by atoms with Crippen LogP contribution >= 0.6 is 0 Å². The normalized spacial score (nSPS) is 17.2. The maximum Gasteiger partial charge on any atom is 0.340 e. The first-order chi connectivity index (χ1) is 13.4. The Morgan fingerprint density at radius 2 is 1.96 bits per heavy atom. The van der Waals surface area contributed by atoms with E-state index in [1.165, 1.54) is 23.9 Å². The highest BCUT2D eigenvalue weighted by atomic mass is 32.2. The monoisotopic (exact) mass is 403 g/mol. The summed E-state index contributed by atoms with van der Waals surface area (Å²) in [5.74, 6) is -0.871. The van der Waals surface area contributed by atoms with Crippen LogP contribution in [0.25, 0.3) is 0 Å². The van der Waals surface area contributed by atoms with Crippen molar-refractivity contribution in [2.45, 2.75) is 12.8 Å². The topological polar surface area (TPSA) is 105 Å². The Morgan fingerprint density at radius 1 is 1.18 bits per heavy atom. The number of ether oxygens (including phenoxy) is 1. The fraction of sp³-hybridized carbons (Fsp3) is 0.316. The van der Waals surface area contributed by atoms with Gasteiger partial charge in [0.25, 0.3) is 15.9 Å². The van der Waals surface area contributed by atoms with Crippen molar-refractivity contribution >= 4 is 27.7 Å². The van der Waals surface area contributed by atoms with Gasteiger partial charge in [0.15, 0.2) is 6.61 Å². The van der Waals surface area contributed by atoms with Gasteiger partial charge in [-0.3, -0.25) is 4.79 Å². The fourth-order valence-electron chi connectivity index (χ4n) is 2.75. The van der Waals surface area contributed by atoms with Crippen molar-refractivity contribution in [3.05, 3.63) is 59.8 Å². The number of amidine groups is 1. The molecule has 1 amide bonds. The minimum Gasteiger partial charge on any atom is -0.452 e. The first-order valence-corrected chi connectivity index (χ1v) is 10.5. The van der Waals surface area contributed by atoms with E-state index in [0.29, 0.717) is 6.54 Å². The summed E-state index contributed by atoms with van der Waals surface area (Å²) >= 11 is 0. The first-order valence-electron chi connectivity index (χ1n) is 8.90. The molecular formula is C19H21N3O5S. The molecule has 2 aliphatic heterocycles. The number of sulfonamides is 1. The molecule has 0 bridgehead atoms. The van der Waals surface area contributed by atoms with Crippen molar-refractivity contribution in [2.24, 2.45) is 4.40 Å². The standard InChI is InChI=1S/C19H21N3O5S/c23-18(20-10-4-7-15-5-2-1-3-6-15)14-27-19(24)16-8-9-17-21-28(25,26)12-11-22(17)13-16/h1-3,5-6,8-9,13H,4,7,10-12,14H2,(H,20,23). The molecule has 2 heterocycles. The van der Waals surface area contributed by atoms with E-state index < -0.39 is 16.0 Å². The third-order valence-electron chi connectivity index (χ3n) is 4.20. The fourth-order valence-corrected chi connectivity index (χ4v) is 3.72. The molecular weight excluding hydrogens is 382 g/mol. The number of benzene rings is 1. The highest BCUT2D eigenvalue weighted by Crippen LogP contribution is 2.16. The van der Waals surface area contributed by atoms with Gasteiger partial charge in [-0.25, -0.2) is 13.2 Å². The second-order valence-corrected chi connectivity index (χ2v) is 8.12. The summed E-state index contributed by atoms with van der Waals surface area (Å²) in [7, 11) is -3.44. The number of carbonyl (C=O) groups is 2. The van der Waals surface area contributed by atoms with E-state index in [-0.39, 0.29) is 36.2 Å². The lowest BCUT2D eigenvalue weighted by atomic mass is 10.1. The number of hydrogen-bond donors (Lipinski definition) is 1. The molecule has 0 atom stereocenters. The Bertz CT molecular complexity index is 936. The number of esters is 1. The molecule has 3 rings (SSSR count). The van der Waals surface area contributed by atoms with Crippen molar-refractivity contribution < 1.29 is 22.7 Å². The quantitative estimate of drug-likeness (QED) is 0.533. The minimum atomic E-state index is -3.44. The van der Waals surface area contributed by atoms with Crippen LogP contribution in [0.5, 0.6) is 0 Å². The van der Waals surface area contributed by atoms with Gasteiger partial charge < -0.3 is 15.0 Å². The molecule has 0 saturated heterocycles. The van der Waals surface area contributed by atoms with Gasteiger partial charge >= 0.3 is 5.97 Å². The molecule has 0 aliphatic carbocycles. The van der Waals surface area contributed by atoms with Crippen LogP contribution in [-0.2, 0) is 30.8 Å². The van der Waals surface area contributed by atoms with Crippen LogP contribution in [0.4, 0.5) is 0 Å². The lowest BCUT2D eigenvalue weighted by Crippen LogP contribution is -2.37. The summed E-state index contributed by atoms with van der Waals surface area (Å²) in [6.45, 7) is 0.338. The van der Waals surface area contributed by atoms with Gasteiger partial charge in [0, 0.05) is 19.3 Å². The predicted molar refractivity (Wildman–Crippen MR) is 104 cm³/mol. The van der Waals surface area contributed by atoms with Crippen molar-refractivity contribution in [1.29, 1.82) is 0 Å². The lowest BCUT2D eigenvalue weighted by Gasteiger charge is -2.26. The predicted octanol–water partition coefficient (Wildman–Crippen LogP) is 0.776. The zero-order valence-corrected chi connectivity index (χ0v) is 16.0. The Morgan fingerprint density at radius 3 is 2.75 bits per heavy atom. The number of aryl methyl sites for hydroxylation is 1. The number of nitrogens with zero attached hydrogens (tertiary/aromatic N) is 2. The molecule has 0 aromatic heterocycles. The number of amides is 1. The third kappa shape index (κ3) is 5.53. The van der Waals surface area contributed by atoms with Crippen molar-refractivity contribution in [3.63, 3.8) is 0 Å². The van der Waals surface area contributed by atoms with Gasteiger partial charge in [0.2, 0.25) is 0 Å². The van der Waals surface area contributed by atoms with Gasteiger partial charge in [-0.15, -0.1) is 4.40 Å². The third-order valence-corrected chi connectivity index (χ3v) is 5.36. The van der Waals surface area contributed by atoms with Crippen LogP contribution in [0.15, 0.2) is 58.7 Å². The molecule has 2 aliphatic rings. The smallest absolute Gasteiger partial charge is 0.340 e. The van der Waals surface area contributed by atoms with Crippen LogP contribution in [-0.4, -0.2) is 56.5 Å².